The van der Waals surface area contributed by atoms with Crippen molar-refractivity contribution in [2.45, 2.75) is 51.6 Å². The number of carbonyl (C=O) groups is 1. The van der Waals surface area contributed by atoms with Crippen LogP contribution in [0.15, 0.2) is 18.2 Å². The molecule has 0 spiro atoms. The smallest absolute Gasteiger partial charge is 0.236 e. The molecule has 0 aromatic heterocycles. The van der Waals surface area contributed by atoms with E-state index in [0.29, 0.717) is 0 Å². The molecule has 2 N–H and O–H groups in total. The maximum atomic E-state index is 11.5. The van der Waals surface area contributed by atoms with E-state index >= 15 is 0 Å². The zero-order valence-electron chi connectivity index (χ0n) is 12.1. The molecule has 0 fully saturated rings. The van der Waals surface area contributed by atoms with Crippen LogP contribution in [0, 0.1) is 0 Å². The summed E-state index contributed by atoms with van der Waals surface area (Å²) in [7, 11) is 1.67. The van der Waals surface area contributed by atoms with E-state index in [-0.39, 0.29) is 18.0 Å². The monoisotopic (exact) mass is 260 g/mol. The van der Waals surface area contributed by atoms with Gasteiger partial charge in [0.2, 0.25) is 5.91 Å². The van der Waals surface area contributed by atoms with Crippen molar-refractivity contribution in [3.8, 4) is 0 Å². The summed E-state index contributed by atoms with van der Waals surface area (Å²) in [6.07, 6.45) is 5.02. The second-order valence-corrected chi connectivity index (χ2v) is 5.46. The van der Waals surface area contributed by atoms with E-state index in [2.05, 4.69) is 35.8 Å². The van der Waals surface area contributed by atoms with Crippen molar-refractivity contribution in [2.75, 3.05) is 7.05 Å². The molecular formula is C16H24N2O. The first-order valence-corrected chi connectivity index (χ1v) is 7.21. The highest BCUT2D eigenvalue weighted by Gasteiger charge is 2.16. The summed E-state index contributed by atoms with van der Waals surface area (Å²) in [5.74, 6) is 0.0322. The lowest BCUT2D eigenvalue weighted by molar-refractivity contribution is -0.122. The summed E-state index contributed by atoms with van der Waals surface area (Å²) in [5.41, 5.74) is 4.27. The summed E-state index contributed by atoms with van der Waals surface area (Å²) in [6.45, 7) is 4.01. The molecule has 1 aliphatic carbocycles. The Morgan fingerprint density at radius 1 is 1.16 bits per heavy atom. The quantitative estimate of drug-likeness (QED) is 0.872. The molecule has 1 aliphatic rings. The van der Waals surface area contributed by atoms with Gasteiger partial charge >= 0.3 is 0 Å². The Morgan fingerprint density at radius 2 is 1.84 bits per heavy atom. The fraction of sp³-hybridized carbons (Fsp3) is 0.562. The largest absolute Gasteiger partial charge is 0.358 e. The summed E-state index contributed by atoms with van der Waals surface area (Å²) in [4.78, 5) is 11.5. The zero-order chi connectivity index (χ0) is 13.8. The Labute approximate surface area is 115 Å². The Balaban J connectivity index is 2.07. The average molecular weight is 260 g/mol. The van der Waals surface area contributed by atoms with Crippen LogP contribution in [0.2, 0.25) is 0 Å². The molecule has 104 valence electrons. The minimum atomic E-state index is -0.170. The van der Waals surface area contributed by atoms with Gasteiger partial charge in [-0.1, -0.05) is 18.2 Å². The van der Waals surface area contributed by atoms with Crippen LogP contribution in [-0.2, 0) is 17.6 Å². The Morgan fingerprint density at radius 3 is 2.53 bits per heavy atom. The fourth-order valence-corrected chi connectivity index (χ4v) is 2.79. The number of carbonyl (C=O) groups excluding carboxylic acids is 1. The minimum absolute atomic E-state index is 0.0322. The Bertz CT molecular complexity index is 456. The Kier molecular flexibility index (Phi) is 4.59. The van der Waals surface area contributed by atoms with Gasteiger partial charge in [0.1, 0.15) is 0 Å². The number of hydrogen-bond acceptors (Lipinski definition) is 2. The van der Waals surface area contributed by atoms with Gasteiger partial charge < -0.3 is 5.32 Å². The van der Waals surface area contributed by atoms with Crippen LogP contribution < -0.4 is 10.6 Å². The third-order valence-electron chi connectivity index (χ3n) is 4.01. The van der Waals surface area contributed by atoms with Crippen molar-refractivity contribution in [3.63, 3.8) is 0 Å². The van der Waals surface area contributed by atoms with Gasteiger partial charge in [-0.3, -0.25) is 10.1 Å². The van der Waals surface area contributed by atoms with Crippen molar-refractivity contribution in [3.05, 3.63) is 34.9 Å². The van der Waals surface area contributed by atoms with Crippen molar-refractivity contribution < 1.29 is 4.79 Å². The molecule has 1 aromatic carbocycles. The molecule has 1 amide bonds. The SMILES string of the molecule is CNC(=O)[C@H](C)N[C@@H](C)c1ccc2c(c1)CCCC2. The lowest BCUT2D eigenvalue weighted by Gasteiger charge is -2.22. The van der Waals surface area contributed by atoms with E-state index in [4.69, 9.17) is 0 Å². The topological polar surface area (TPSA) is 41.1 Å². The molecule has 3 heteroatoms. The van der Waals surface area contributed by atoms with Crippen LogP contribution in [0.5, 0.6) is 0 Å². The van der Waals surface area contributed by atoms with Gasteiger partial charge in [0.15, 0.2) is 0 Å². The lowest BCUT2D eigenvalue weighted by atomic mass is 9.89. The van der Waals surface area contributed by atoms with Gasteiger partial charge in [-0.15, -0.1) is 0 Å². The number of rotatable bonds is 4. The van der Waals surface area contributed by atoms with E-state index in [9.17, 15) is 4.79 Å². The standard InChI is InChI=1S/C16H24N2O/c1-11(18-12(2)16(19)17-3)14-9-8-13-6-4-5-7-15(13)10-14/h8-12,18H,4-7H2,1-3H3,(H,17,19)/t11-,12-/m0/s1. The van der Waals surface area contributed by atoms with Gasteiger partial charge in [-0.25, -0.2) is 0 Å². The molecule has 2 atom stereocenters. The molecule has 19 heavy (non-hydrogen) atoms. The van der Waals surface area contributed by atoms with E-state index in [1.165, 1.54) is 42.4 Å². The van der Waals surface area contributed by atoms with Crippen LogP contribution in [0.1, 0.15) is 49.4 Å². The normalized spacial score (nSPS) is 17.4. The van der Waals surface area contributed by atoms with E-state index < -0.39 is 0 Å². The van der Waals surface area contributed by atoms with Gasteiger partial charge in [0.25, 0.3) is 0 Å². The molecule has 0 saturated heterocycles. The summed E-state index contributed by atoms with van der Waals surface area (Å²) in [6, 6.07) is 6.78. The third-order valence-corrected chi connectivity index (χ3v) is 4.01. The second kappa shape index (κ2) is 6.20. The number of nitrogens with one attached hydrogen (secondary N) is 2. The van der Waals surface area contributed by atoms with Crippen molar-refractivity contribution in [2.24, 2.45) is 0 Å². The Hall–Kier alpha value is -1.35. The highest BCUT2D eigenvalue weighted by atomic mass is 16.2. The first-order chi connectivity index (χ1) is 9.11. The van der Waals surface area contributed by atoms with Crippen LogP contribution in [0.3, 0.4) is 0 Å². The summed E-state index contributed by atoms with van der Waals surface area (Å²) < 4.78 is 0. The lowest BCUT2D eigenvalue weighted by Crippen LogP contribution is -2.41. The predicted octanol–water partition coefficient (Wildman–Crippen LogP) is 2.35. The number of likely N-dealkylation sites (N-methyl/N-ethyl adjacent to an activating group) is 1. The average Bonchev–Trinajstić information content (AvgIpc) is 2.45. The predicted molar refractivity (Wildman–Crippen MR) is 78.2 cm³/mol. The molecule has 0 aliphatic heterocycles. The summed E-state index contributed by atoms with van der Waals surface area (Å²) >= 11 is 0. The highest BCUT2D eigenvalue weighted by Crippen LogP contribution is 2.24. The maximum absolute atomic E-state index is 11.5. The first-order valence-electron chi connectivity index (χ1n) is 7.21. The molecule has 3 nitrogen and oxygen atoms in total. The molecule has 0 saturated carbocycles. The third kappa shape index (κ3) is 3.35. The number of benzene rings is 1. The summed E-state index contributed by atoms with van der Waals surface area (Å²) in [5, 5.41) is 6.01. The molecule has 0 unspecified atom stereocenters. The number of amides is 1. The van der Waals surface area contributed by atoms with Crippen LogP contribution >= 0.6 is 0 Å². The van der Waals surface area contributed by atoms with Crippen LogP contribution in [0.4, 0.5) is 0 Å². The fourth-order valence-electron chi connectivity index (χ4n) is 2.79. The van der Waals surface area contributed by atoms with Crippen molar-refractivity contribution in [1.29, 1.82) is 0 Å². The van der Waals surface area contributed by atoms with Crippen LogP contribution in [0.25, 0.3) is 0 Å². The van der Waals surface area contributed by atoms with E-state index in [1.807, 2.05) is 6.92 Å². The first kappa shape index (κ1) is 14.1. The second-order valence-electron chi connectivity index (χ2n) is 5.46. The molecule has 1 aromatic rings. The van der Waals surface area contributed by atoms with Gasteiger partial charge in [0.05, 0.1) is 6.04 Å². The molecule has 0 bridgehead atoms. The van der Waals surface area contributed by atoms with Gasteiger partial charge in [-0.2, -0.15) is 0 Å². The minimum Gasteiger partial charge on any atom is -0.358 e. The van der Waals surface area contributed by atoms with Gasteiger partial charge in [0, 0.05) is 13.1 Å². The van der Waals surface area contributed by atoms with Crippen LogP contribution in [-0.4, -0.2) is 19.0 Å². The number of hydrogen-bond donors (Lipinski definition) is 2. The van der Waals surface area contributed by atoms with E-state index in [0.717, 1.165) is 0 Å². The van der Waals surface area contributed by atoms with Gasteiger partial charge in [-0.05, 0) is 56.2 Å². The number of fused-ring (bicyclic) bond motifs is 1. The number of aryl methyl sites for hydroxylation is 2. The molecule has 0 heterocycles. The molecule has 0 radical (unpaired) electrons. The van der Waals surface area contributed by atoms with Crippen molar-refractivity contribution >= 4 is 5.91 Å². The van der Waals surface area contributed by atoms with E-state index in [1.54, 1.807) is 7.05 Å². The van der Waals surface area contributed by atoms with Crippen molar-refractivity contribution in [1.82, 2.24) is 10.6 Å². The molecular weight excluding hydrogens is 236 g/mol. The maximum Gasteiger partial charge on any atom is 0.236 e. The zero-order valence-corrected chi connectivity index (χ0v) is 12.1. The molecule has 2 rings (SSSR count). The highest BCUT2D eigenvalue weighted by molar-refractivity contribution is 5.80.